The van der Waals surface area contributed by atoms with E-state index >= 15 is 0 Å². The molecule has 0 atom stereocenters. The summed E-state index contributed by atoms with van der Waals surface area (Å²) in [6, 6.07) is 1.66. The van der Waals surface area contributed by atoms with E-state index in [-0.39, 0.29) is 12.0 Å². The topological polar surface area (TPSA) is 82.1 Å². The third kappa shape index (κ3) is 4.65. The lowest BCUT2D eigenvalue weighted by Crippen LogP contribution is -2.51. The summed E-state index contributed by atoms with van der Waals surface area (Å²) < 4.78 is 5.01. The molecule has 1 aromatic heterocycles. The van der Waals surface area contributed by atoms with Crippen LogP contribution in [-0.2, 0) is 4.74 Å². The second-order valence-electron chi connectivity index (χ2n) is 6.64. The van der Waals surface area contributed by atoms with Crippen molar-refractivity contribution < 1.29 is 14.3 Å². The van der Waals surface area contributed by atoms with E-state index in [0.29, 0.717) is 44.4 Å². The van der Waals surface area contributed by atoms with E-state index in [1.807, 2.05) is 0 Å². The molecule has 0 N–H and O–H groups in total. The molecular weight excluding hydrogens is 348 g/mol. The lowest BCUT2D eigenvalue weighted by atomic mass is 10.2. The van der Waals surface area contributed by atoms with Crippen molar-refractivity contribution in [1.82, 2.24) is 24.7 Å². The third-order valence-electron chi connectivity index (χ3n) is 5.06. The zero-order valence-corrected chi connectivity index (χ0v) is 16.1. The van der Waals surface area contributed by atoms with Crippen molar-refractivity contribution in [2.75, 3.05) is 70.4 Å². The highest BCUT2D eigenvalue weighted by Crippen LogP contribution is 2.13. The molecule has 1 aromatic rings. The smallest absolute Gasteiger partial charge is 0.409 e. The van der Waals surface area contributed by atoms with Crippen LogP contribution in [0, 0.1) is 0 Å². The first-order valence-electron chi connectivity index (χ1n) is 9.63. The molecule has 2 amide bonds. The molecule has 0 saturated carbocycles. The van der Waals surface area contributed by atoms with Gasteiger partial charge in [0.05, 0.1) is 6.61 Å². The van der Waals surface area contributed by atoms with Crippen molar-refractivity contribution in [2.45, 2.75) is 13.8 Å². The van der Waals surface area contributed by atoms with Crippen molar-refractivity contribution >= 4 is 17.9 Å². The maximum absolute atomic E-state index is 12.8. The van der Waals surface area contributed by atoms with E-state index < -0.39 is 0 Å². The Bertz CT molecular complexity index is 654. The minimum Gasteiger partial charge on any atom is -0.450 e. The maximum atomic E-state index is 12.8. The SMILES string of the molecule is CCOC(=O)N1CCN(C(=O)c2ccnc(N3CCN(CC)CC3)n2)CC1. The zero-order chi connectivity index (χ0) is 19.2. The van der Waals surface area contributed by atoms with E-state index in [2.05, 4.69) is 26.7 Å². The first-order chi connectivity index (χ1) is 13.1. The maximum Gasteiger partial charge on any atom is 0.409 e. The number of ether oxygens (including phenoxy) is 1. The van der Waals surface area contributed by atoms with Crippen LogP contribution in [0.4, 0.5) is 10.7 Å². The minimum absolute atomic E-state index is 0.116. The fourth-order valence-corrected chi connectivity index (χ4v) is 3.35. The van der Waals surface area contributed by atoms with Gasteiger partial charge in [0.25, 0.3) is 5.91 Å². The minimum atomic E-state index is -0.319. The molecule has 2 aliphatic rings. The van der Waals surface area contributed by atoms with Crippen LogP contribution in [-0.4, -0.2) is 102 Å². The van der Waals surface area contributed by atoms with E-state index in [4.69, 9.17) is 4.74 Å². The van der Waals surface area contributed by atoms with E-state index in [9.17, 15) is 9.59 Å². The Labute approximate surface area is 159 Å². The van der Waals surface area contributed by atoms with Gasteiger partial charge in [-0.2, -0.15) is 0 Å². The average Bonchev–Trinajstić information content (AvgIpc) is 2.73. The van der Waals surface area contributed by atoms with Crippen LogP contribution in [0.25, 0.3) is 0 Å². The largest absolute Gasteiger partial charge is 0.450 e. The summed E-state index contributed by atoms with van der Waals surface area (Å²) in [5, 5.41) is 0. The fraction of sp³-hybridized carbons (Fsp3) is 0.667. The number of hydrogen-bond donors (Lipinski definition) is 0. The van der Waals surface area contributed by atoms with Gasteiger partial charge in [-0.1, -0.05) is 6.92 Å². The second-order valence-corrected chi connectivity index (χ2v) is 6.64. The van der Waals surface area contributed by atoms with Crippen molar-refractivity contribution in [3.05, 3.63) is 18.0 Å². The summed E-state index contributed by atoms with van der Waals surface area (Å²) in [6.07, 6.45) is 1.33. The number of aromatic nitrogens is 2. The van der Waals surface area contributed by atoms with E-state index in [1.54, 1.807) is 29.0 Å². The molecule has 0 unspecified atom stereocenters. The Morgan fingerprint density at radius 3 is 2.30 bits per heavy atom. The molecule has 0 aromatic carbocycles. The molecule has 0 spiro atoms. The number of nitrogens with zero attached hydrogens (tertiary/aromatic N) is 6. The average molecular weight is 376 g/mol. The van der Waals surface area contributed by atoms with Crippen LogP contribution in [0.15, 0.2) is 12.3 Å². The second kappa shape index (κ2) is 8.98. The lowest BCUT2D eigenvalue weighted by molar-refractivity contribution is 0.0566. The molecule has 0 radical (unpaired) electrons. The summed E-state index contributed by atoms with van der Waals surface area (Å²) >= 11 is 0. The Hall–Kier alpha value is -2.42. The number of likely N-dealkylation sites (N-methyl/N-ethyl adjacent to an activating group) is 1. The Kier molecular flexibility index (Phi) is 6.44. The number of rotatable bonds is 4. The molecule has 0 aliphatic carbocycles. The molecule has 2 fully saturated rings. The van der Waals surface area contributed by atoms with Crippen LogP contribution < -0.4 is 4.90 Å². The molecular formula is C18H28N6O3. The van der Waals surface area contributed by atoms with Gasteiger partial charge < -0.3 is 24.3 Å². The predicted octanol–water partition coefficient (Wildman–Crippen LogP) is 0.533. The summed E-state index contributed by atoms with van der Waals surface area (Å²) in [5.74, 6) is 0.496. The molecule has 2 aliphatic heterocycles. The van der Waals surface area contributed by atoms with Crippen LogP contribution in [0.1, 0.15) is 24.3 Å². The van der Waals surface area contributed by atoms with Gasteiger partial charge in [-0.15, -0.1) is 0 Å². The summed E-state index contributed by atoms with van der Waals surface area (Å²) in [4.78, 5) is 41.3. The number of anilines is 1. The van der Waals surface area contributed by atoms with Gasteiger partial charge >= 0.3 is 6.09 Å². The monoisotopic (exact) mass is 376 g/mol. The first kappa shape index (κ1) is 19.3. The summed E-state index contributed by atoms with van der Waals surface area (Å²) in [6.45, 7) is 10.9. The molecule has 27 heavy (non-hydrogen) atoms. The lowest BCUT2D eigenvalue weighted by Gasteiger charge is -2.35. The molecule has 3 heterocycles. The third-order valence-corrected chi connectivity index (χ3v) is 5.06. The van der Waals surface area contributed by atoms with Gasteiger partial charge in [0.2, 0.25) is 5.95 Å². The number of carbonyl (C=O) groups excluding carboxylic acids is 2. The van der Waals surface area contributed by atoms with Crippen molar-refractivity contribution in [3.8, 4) is 0 Å². The summed E-state index contributed by atoms with van der Waals surface area (Å²) in [7, 11) is 0. The quantitative estimate of drug-likeness (QED) is 0.758. The fourth-order valence-electron chi connectivity index (χ4n) is 3.35. The van der Waals surface area contributed by atoms with Gasteiger partial charge in [-0.05, 0) is 19.5 Å². The van der Waals surface area contributed by atoms with Crippen LogP contribution in [0.3, 0.4) is 0 Å². The van der Waals surface area contributed by atoms with Gasteiger partial charge in [0.15, 0.2) is 0 Å². The Morgan fingerprint density at radius 2 is 1.67 bits per heavy atom. The molecule has 3 rings (SSSR count). The highest BCUT2D eigenvalue weighted by atomic mass is 16.6. The van der Waals surface area contributed by atoms with E-state index in [1.165, 1.54) is 0 Å². The number of carbonyl (C=O) groups is 2. The molecule has 148 valence electrons. The number of piperazine rings is 2. The first-order valence-corrected chi connectivity index (χ1v) is 9.63. The molecule has 2 saturated heterocycles. The highest BCUT2D eigenvalue weighted by molar-refractivity contribution is 5.92. The van der Waals surface area contributed by atoms with E-state index in [0.717, 1.165) is 32.7 Å². The molecule has 0 bridgehead atoms. The van der Waals surface area contributed by atoms with Crippen LogP contribution in [0.2, 0.25) is 0 Å². The van der Waals surface area contributed by atoms with Gasteiger partial charge in [-0.3, -0.25) is 4.79 Å². The Balaban J connectivity index is 1.59. The standard InChI is InChI=1S/C18H28N6O3/c1-3-21-7-9-23(10-8-21)17-19-6-5-15(20-17)16(25)22-11-13-24(14-12-22)18(26)27-4-2/h5-6H,3-4,7-14H2,1-2H3. The number of amides is 2. The van der Waals surface area contributed by atoms with Crippen molar-refractivity contribution in [3.63, 3.8) is 0 Å². The van der Waals surface area contributed by atoms with Crippen molar-refractivity contribution in [2.24, 2.45) is 0 Å². The highest BCUT2D eigenvalue weighted by Gasteiger charge is 2.27. The normalized spacial score (nSPS) is 18.5. The molecule has 9 heteroatoms. The molecule has 9 nitrogen and oxygen atoms in total. The Morgan fingerprint density at radius 1 is 1.00 bits per heavy atom. The van der Waals surface area contributed by atoms with Crippen LogP contribution in [0.5, 0.6) is 0 Å². The van der Waals surface area contributed by atoms with Crippen molar-refractivity contribution in [1.29, 1.82) is 0 Å². The zero-order valence-electron chi connectivity index (χ0n) is 16.1. The van der Waals surface area contributed by atoms with Gasteiger partial charge in [-0.25, -0.2) is 14.8 Å². The predicted molar refractivity (Wildman–Crippen MR) is 101 cm³/mol. The van der Waals surface area contributed by atoms with Gasteiger partial charge in [0, 0.05) is 58.6 Å². The summed E-state index contributed by atoms with van der Waals surface area (Å²) in [5.41, 5.74) is 0.405. The van der Waals surface area contributed by atoms with Crippen LogP contribution >= 0.6 is 0 Å². The van der Waals surface area contributed by atoms with Gasteiger partial charge in [0.1, 0.15) is 5.69 Å². The number of hydrogen-bond acceptors (Lipinski definition) is 7.